The van der Waals surface area contributed by atoms with E-state index in [1.54, 1.807) is 0 Å². The number of benzene rings is 1. The van der Waals surface area contributed by atoms with Gasteiger partial charge < -0.3 is 14.4 Å². The van der Waals surface area contributed by atoms with Crippen molar-refractivity contribution >= 4 is 17.8 Å². The predicted octanol–water partition coefficient (Wildman–Crippen LogP) is 5.11. The van der Waals surface area contributed by atoms with Crippen LogP contribution in [-0.2, 0) is 16.6 Å². The van der Waals surface area contributed by atoms with Gasteiger partial charge in [-0.3, -0.25) is 0 Å². The van der Waals surface area contributed by atoms with Crippen LogP contribution in [0.3, 0.4) is 0 Å². The molecule has 4 rings (SSSR count). The predicted molar refractivity (Wildman–Crippen MR) is 104 cm³/mol. The number of hydrogen-bond acceptors (Lipinski definition) is 4. The molecular weight excluding hydrogens is 350 g/mol. The Kier molecular flexibility index (Phi) is 6.13. The largest absolute Gasteiger partial charge is 0.515 e. The molecule has 0 amide bonds. The number of rotatable bonds is 2. The second-order valence-corrected chi connectivity index (χ2v) is 7.65. The lowest BCUT2D eigenvalue weighted by Gasteiger charge is -2.58. The molecule has 2 fully saturated rings. The summed E-state index contributed by atoms with van der Waals surface area (Å²) in [6.07, 6.45) is 6.77. The number of likely N-dealkylation sites (N-methyl/N-ethyl adjacent to an activating group) is 1. The molecule has 0 spiro atoms. The van der Waals surface area contributed by atoms with Crippen molar-refractivity contribution in [3.63, 3.8) is 0 Å². The summed E-state index contributed by atoms with van der Waals surface area (Å²) in [7, 11) is 2.27. The molecule has 3 atom stereocenters. The van der Waals surface area contributed by atoms with Crippen molar-refractivity contribution in [3.8, 4) is 5.75 Å². The molecule has 1 aromatic carbocycles. The Bertz CT molecular complexity index is 650. The molecule has 1 saturated carbocycles. The van der Waals surface area contributed by atoms with Crippen LogP contribution < -0.4 is 4.74 Å². The standard InChI is InChI=1S/C19H24ClNO3.C2H6/c1-21-9-8-19-7-3-2-4-15(19)17(21)10-13-5-6-14(11-16(13)19)24-18(22)23-12-20;1-2/h5-6,11,15,17H,2-4,7-10,12H2,1H3;1-2H3/t15?,17?,19-;/m1./s1. The number of halogens is 1. The minimum Gasteiger partial charge on any atom is -0.418 e. The number of carbonyl (C=O) groups is 1. The highest BCUT2D eigenvalue weighted by Crippen LogP contribution is 2.55. The lowest BCUT2D eigenvalue weighted by Crippen LogP contribution is -2.59. The summed E-state index contributed by atoms with van der Waals surface area (Å²) in [4.78, 5) is 14.1. The zero-order chi connectivity index (χ0) is 18.7. The van der Waals surface area contributed by atoms with Crippen LogP contribution in [-0.4, -0.2) is 36.8 Å². The van der Waals surface area contributed by atoms with Crippen LogP contribution in [0.4, 0.5) is 4.79 Å². The van der Waals surface area contributed by atoms with Crippen molar-refractivity contribution in [1.82, 2.24) is 4.90 Å². The second-order valence-electron chi connectivity index (χ2n) is 7.43. The van der Waals surface area contributed by atoms with E-state index in [-0.39, 0.29) is 11.5 Å². The van der Waals surface area contributed by atoms with E-state index >= 15 is 0 Å². The Morgan fingerprint density at radius 2 is 2.12 bits per heavy atom. The Morgan fingerprint density at radius 3 is 2.88 bits per heavy atom. The van der Waals surface area contributed by atoms with Crippen LogP contribution in [0.2, 0.25) is 0 Å². The summed E-state index contributed by atoms with van der Waals surface area (Å²) >= 11 is 5.42. The summed E-state index contributed by atoms with van der Waals surface area (Å²) in [6.45, 7) is 5.15. The lowest BCUT2D eigenvalue weighted by molar-refractivity contribution is 0.00270. The van der Waals surface area contributed by atoms with Crippen molar-refractivity contribution in [3.05, 3.63) is 29.3 Å². The van der Waals surface area contributed by atoms with Gasteiger partial charge >= 0.3 is 6.16 Å². The smallest absolute Gasteiger partial charge is 0.418 e. The van der Waals surface area contributed by atoms with E-state index in [9.17, 15) is 4.79 Å². The van der Waals surface area contributed by atoms with E-state index in [1.807, 2.05) is 19.9 Å². The molecule has 1 heterocycles. The van der Waals surface area contributed by atoms with E-state index in [0.717, 1.165) is 18.9 Å². The number of alkyl halides is 1. The van der Waals surface area contributed by atoms with Gasteiger partial charge in [0.05, 0.1) is 0 Å². The van der Waals surface area contributed by atoms with E-state index < -0.39 is 6.16 Å². The fourth-order valence-corrected chi connectivity index (χ4v) is 5.50. The molecule has 144 valence electrons. The molecule has 0 radical (unpaired) electrons. The van der Waals surface area contributed by atoms with Crippen molar-refractivity contribution in [2.24, 2.45) is 5.92 Å². The first-order chi connectivity index (χ1) is 12.6. The molecule has 4 nitrogen and oxygen atoms in total. The molecule has 2 unspecified atom stereocenters. The van der Waals surface area contributed by atoms with Gasteiger partial charge in [-0.15, -0.1) is 0 Å². The number of nitrogens with zero attached hydrogens (tertiary/aromatic N) is 1. The van der Waals surface area contributed by atoms with E-state index in [4.69, 9.17) is 16.3 Å². The number of ether oxygens (including phenoxy) is 2. The zero-order valence-corrected chi connectivity index (χ0v) is 16.8. The maximum absolute atomic E-state index is 11.6. The minimum absolute atomic E-state index is 0.191. The normalized spacial score (nSPS) is 29.5. The number of carbonyl (C=O) groups excluding carboxylic acids is 1. The lowest BCUT2D eigenvalue weighted by atomic mass is 9.52. The van der Waals surface area contributed by atoms with Crippen LogP contribution >= 0.6 is 11.6 Å². The molecule has 2 aliphatic carbocycles. The van der Waals surface area contributed by atoms with Crippen molar-refractivity contribution in [2.45, 2.75) is 63.8 Å². The van der Waals surface area contributed by atoms with Gasteiger partial charge in [-0.2, -0.15) is 0 Å². The molecule has 0 N–H and O–H groups in total. The summed E-state index contributed by atoms with van der Waals surface area (Å²) in [6, 6.07) is 6.56. The van der Waals surface area contributed by atoms with Crippen molar-refractivity contribution in [2.75, 3.05) is 19.7 Å². The average Bonchev–Trinajstić information content (AvgIpc) is 2.67. The SMILES string of the molecule is CC.CN1CC[C@]23CCCCC2C1Cc1ccc(OC(=O)OCCl)cc13. The first-order valence-corrected chi connectivity index (χ1v) is 10.4. The van der Waals surface area contributed by atoms with Crippen molar-refractivity contribution < 1.29 is 14.3 Å². The summed E-state index contributed by atoms with van der Waals surface area (Å²) in [5, 5.41) is 0. The van der Waals surface area contributed by atoms with E-state index in [2.05, 4.69) is 28.8 Å². The van der Waals surface area contributed by atoms with Crippen LogP contribution in [0.5, 0.6) is 5.75 Å². The molecule has 1 aromatic rings. The van der Waals surface area contributed by atoms with Crippen LogP contribution in [0.1, 0.15) is 57.1 Å². The monoisotopic (exact) mass is 379 g/mol. The quantitative estimate of drug-likeness (QED) is 0.406. The third-order valence-corrected chi connectivity index (χ3v) is 6.57. The fourth-order valence-electron chi connectivity index (χ4n) is 5.41. The van der Waals surface area contributed by atoms with Gasteiger partial charge in [-0.25, -0.2) is 4.79 Å². The molecule has 26 heavy (non-hydrogen) atoms. The van der Waals surface area contributed by atoms with Gasteiger partial charge in [0.2, 0.25) is 0 Å². The fraction of sp³-hybridized carbons (Fsp3) is 0.667. The van der Waals surface area contributed by atoms with Gasteiger partial charge in [0.15, 0.2) is 6.07 Å². The van der Waals surface area contributed by atoms with Crippen LogP contribution in [0.25, 0.3) is 0 Å². The van der Waals surface area contributed by atoms with Gasteiger partial charge in [0.25, 0.3) is 0 Å². The maximum atomic E-state index is 11.6. The van der Waals surface area contributed by atoms with Gasteiger partial charge in [-0.05, 0) is 68.5 Å². The van der Waals surface area contributed by atoms with Crippen molar-refractivity contribution in [1.29, 1.82) is 0 Å². The molecular formula is C21H30ClNO3. The Balaban J connectivity index is 0.000000948. The summed E-state index contributed by atoms with van der Waals surface area (Å²) < 4.78 is 9.99. The zero-order valence-electron chi connectivity index (χ0n) is 16.1. The van der Waals surface area contributed by atoms with Crippen LogP contribution in [0, 0.1) is 5.92 Å². The topological polar surface area (TPSA) is 38.8 Å². The van der Waals surface area contributed by atoms with E-state index in [0.29, 0.717) is 11.8 Å². The Labute approximate surface area is 161 Å². The number of likely N-dealkylation sites (tertiary alicyclic amines) is 1. The average molecular weight is 380 g/mol. The van der Waals surface area contributed by atoms with Gasteiger partial charge in [0, 0.05) is 11.5 Å². The molecule has 0 aromatic heterocycles. The second kappa shape index (κ2) is 8.18. The van der Waals surface area contributed by atoms with Crippen LogP contribution in [0.15, 0.2) is 18.2 Å². The molecule has 3 aliphatic rings. The first-order valence-electron chi connectivity index (χ1n) is 9.88. The van der Waals surface area contributed by atoms with E-state index in [1.165, 1.54) is 43.2 Å². The molecule has 5 heteroatoms. The third kappa shape index (κ3) is 3.34. The third-order valence-electron chi connectivity index (χ3n) is 6.46. The number of fused-ring (bicyclic) bond motifs is 1. The highest BCUT2D eigenvalue weighted by atomic mass is 35.5. The minimum atomic E-state index is -0.736. The first kappa shape index (κ1) is 19.5. The number of piperidine rings is 1. The Morgan fingerprint density at radius 1 is 1.31 bits per heavy atom. The maximum Gasteiger partial charge on any atom is 0.515 e. The summed E-state index contributed by atoms with van der Waals surface area (Å²) in [5.41, 5.74) is 3.09. The van der Waals surface area contributed by atoms with Gasteiger partial charge in [0.1, 0.15) is 5.75 Å². The number of hydrogen-bond donors (Lipinski definition) is 0. The van der Waals surface area contributed by atoms with Gasteiger partial charge in [-0.1, -0.05) is 44.4 Å². The highest BCUT2D eigenvalue weighted by Gasteiger charge is 2.53. The Hall–Kier alpha value is -1.26. The molecule has 1 saturated heterocycles. The molecule has 1 aliphatic heterocycles. The summed E-state index contributed by atoms with van der Waals surface area (Å²) in [5.74, 6) is 1.29. The molecule has 2 bridgehead atoms. The highest BCUT2D eigenvalue weighted by molar-refractivity contribution is 6.17.